The SMILES string of the molecule is CC(C(=O)O)C1C2CCC(C2)C1C(C)C(=O)O. The third-order valence-electron chi connectivity index (χ3n) is 4.98. The first-order valence-electron chi connectivity index (χ1n) is 6.39. The Morgan fingerprint density at radius 2 is 1.29 bits per heavy atom. The molecule has 4 heteroatoms. The molecule has 6 atom stereocenters. The smallest absolute Gasteiger partial charge is 0.306 e. The topological polar surface area (TPSA) is 74.6 Å². The van der Waals surface area contributed by atoms with Crippen molar-refractivity contribution < 1.29 is 19.8 Å². The van der Waals surface area contributed by atoms with E-state index in [-0.39, 0.29) is 11.8 Å². The molecule has 2 saturated carbocycles. The Kier molecular flexibility index (Phi) is 3.15. The van der Waals surface area contributed by atoms with Crippen molar-refractivity contribution in [2.24, 2.45) is 35.5 Å². The largest absolute Gasteiger partial charge is 0.481 e. The number of carboxylic acid groups (broad SMARTS) is 2. The fraction of sp³-hybridized carbons (Fsp3) is 0.846. The minimum Gasteiger partial charge on any atom is -0.481 e. The molecule has 0 saturated heterocycles. The molecular formula is C13H20O4. The fourth-order valence-electron chi connectivity index (χ4n) is 4.19. The van der Waals surface area contributed by atoms with Crippen LogP contribution in [0.5, 0.6) is 0 Å². The van der Waals surface area contributed by atoms with Gasteiger partial charge in [0.15, 0.2) is 0 Å². The molecule has 2 bridgehead atoms. The van der Waals surface area contributed by atoms with Crippen molar-refractivity contribution in [3.05, 3.63) is 0 Å². The minimum absolute atomic E-state index is 0.0531. The second kappa shape index (κ2) is 4.31. The average Bonchev–Trinajstić information content (AvgIpc) is 2.85. The molecule has 96 valence electrons. The van der Waals surface area contributed by atoms with Gasteiger partial charge >= 0.3 is 11.9 Å². The molecule has 2 aliphatic carbocycles. The van der Waals surface area contributed by atoms with Crippen molar-refractivity contribution >= 4 is 11.9 Å². The predicted molar refractivity (Wildman–Crippen MR) is 61.4 cm³/mol. The van der Waals surface area contributed by atoms with Crippen LogP contribution in [0.15, 0.2) is 0 Å². The number of aliphatic carboxylic acids is 2. The van der Waals surface area contributed by atoms with Crippen LogP contribution in [0.3, 0.4) is 0 Å². The molecule has 0 heterocycles. The predicted octanol–water partition coefficient (Wildman–Crippen LogP) is 2.09. The maximum absolute atomic E-state index is 11.2. The number of rotatable bonds is 4. The average molecular weight is 240 g/mol. The van der Waals surface area contributed by atoms with Gasteiger partial charge in [-0.3, -0.25) is 9.59 Å². The highest BCUT2D eigenvalue weighted by atomic mass is 16.4. The normalized spacial score (nSPS) is 38.9. The standard InChI is InChI=1S/C13H20O4/c1-6(12(14)15)10-8-3-4-9(5-8)11(10)7(2)13(16)17/h6-11H,3-5H2,1-2H3,(H,14,15)(H,16,17). The van der Waals surface area contributed by atoms with E-state index in [4.69, 9.17) is 10.2 Å². The molecule has 0 spiro atoms. The molecular weight excluding hydrogens is 220 g/mol. The zero-order chi connectivity index (χ0) is 12.7. The van der Waals surface area contributed by atoms with E-state index in [1.165, 1.54) is 0 Å². The van der Waals surface area contributed by atoms with E-state index in [9.17, 15) is 9.59 Å². The Labute approximate surface area is 101 Å². The Morgan fingerprint density at radius 1 is 0.941 bits per heavy atom. The number of carboxylic acids is 2. The zero-order valence-electron chi connectivity index (χ0n) is 10.3. The lowest BCUT2D eigenvalue weighted by Crippen LogP contribution is -2.37. The first-order chi connectivity index (χ1) is 7.93. The van der Waals surface area contributed by atoms with E-state index < -0.39 is 23.8 Å². The molecule has 0 aromatic carbocycles. The molecule has 2 fully saturated rings. The molecule has 4 nitrogen and oxygen atoms in total. The molecule has 0 aromatic rings. The van der Waals surface area contributed by atoms with Crippen molar-refractivity contribution in [3.8, 4) is 0 Å². The van der Waals surface area contributed by atoms with Crippen LogP contribution in [0.25, 0.3) is 0 Å². The highest BCUT2D eigenvalue weighted by Crippen LogP contribution is 2.57. The summed E-state index contributed by atoms with van der Waals surface area (Å²) in [6, 6.07) is 0. The maximum Gasteiger partial charge on any atom is 0.306 e. The first kappa shape index (κ1) is 12.4. The molecule has 2 N–H and O–H groups in total. The molecule has 2 rings (SSSR count). The van der Waals surface area contributed by atoms with Gasteiger partial charge in [-0.1, -0.05) is 13.8 Å². The van der Waals surface area contributed by atoms with Crippen LogP contribution in [-0.4, -0.2) is 22.2 Å². The van der Waals surface area contributed by atoms with E-state index >= 15 is 0 Å². The van der Waals surface area contributed by atoms with E-state index in [0.29, 0.717) is 11.8 Å². The summed E-state index contributed by atoms with van der Waals surface area (Å²) >= 11 is 0. The number of carbonyl (C=O) groups is 2. The quantitative estimate of drug-likeness (QED) is 0.789. The van der Waals surface area contributed by atoms with E-state index in [1.54, 1.807) is 13.8 Å². The van der Waals surface area contributed by atoms with Crippen LogP contribution in [0.4, 0.5) is 0 Å². The third-order valence-corrected chi connectivity index (χ3v) is 4.98. The van der Waals surface area contributed by atoms with Crippen molar-refractivity contribution in [2.75, 3.05) is 0 Å². The van der Waals surface area contributed by atoms with Crippen molar-refractivity contribution in [1.82, 2.24) is 0 Å². The van der Waals surface area contributed by atoms with Gasteiger partial charge in [0.05, 0.1) is 11.8 Å². The van der Waals surface area contributed by atoms with Crippen LogP contribution in [0.1, 0.15) is 33.1 Å². The lowest BCUT2D eigenvalue weighted by molar-refractivity contribution is -0.150. The van der Waals surface area contributed by atoms with Crippen LogP contribution in [0, 0.1) is 35.5 Å². The molecule has 0 aliphatic heterocycles. The first-order valence-corrected chi connectivity index (χ1v) is 6.39. The van der Waals surface area contributed by atoms with Crippen molar-refractivity contribution in [2.45, 2.75) is 33.1 Å². The molecule has 0 radical (unpaired) electrons. The van der Waals surface area contributed by atoms with Gasteiger partial charge < -0.3 is 10.2 Å². The summed E-state index contributed by atoms with van der Waals surface area (Å²) in [7, 11) is 0. The highest BCUT2D eigenvalue weighted by molar-refractivity contribution is 5.72. The van der Waals surface area contributed by atoms with Crippen molar-refractivity contribution in [3.63, 3.8) is 0 Å². The maximum atomic E-state index is 11.2. The van der Waals surface area contributed by atoms with Crippen LogP contribution in [0.2, 0.25) is 0 Å². The van der Waals surface area contributed by atoms with Crippen LogP contribution < -0.4 is 0 Å². The van der Waals surface area contributed by atoms with E-state index in [2.05, 4.69) is 0 Å². The summed E-state index contributed by atoms with van der Waals surface area (Å²) in [6.07, 6.45) is 3.19. The van der Waals surface area contributed by atoms with Gasteiger partial charge in [-0.2, -0.15) is 0 Å². The Hall–Kier alpha value is -1.06. The number of hydrogen-bond donors (Lipinski definition) is 2. The summed E-state index contributed by atoms with van der Waals surface area (Å²) < 4.78 is 0. The Morgan fingerprint density at radius 3 is 1.59 bits per heavy atom. The van der Waals surface area contributed by atoms with Gasteiger partial charge in [0.2, 0.25) is 0 Å². The Balaban J connectivity index is 2.22. The van der Waals surface area contributed by atoms with Gasteiger partial charge in [-0.25, -0.2) is 0 Å². The second-order valence-corrected chi connectivity index (χ2v) is 5.74. The molecule has 2 aliphatic rings. The number of fused-ring (bicyclic) bond motifs is 2. The van der Waals surface area contributed by atoms with Gasteiger partial charge in [-0.05, 0) is 42.9 Å². The van der Waals surface area contributed by atoms with Gasteiger partial charge in [0, 0.05) is 0 Å². The second-order valence-electron chi connectivity index (χ2n) is 5.74. The van der Waals surface area contributed by atoms with E-state index in [1.807, 2.05) is 0 Å². The molecule has 6 unspecified atom stereocenters. The summed E-state index contributed by atoms with van der Waals surface area (Å²) in [6.45, 7) is 3.46. The fourth-order valence-corrected chi connectivity index (χ4v) is 4.19. The minimum atomic E-state index is -0.787. The number of hydrogen-bond acceptors (Lipinski definition) is 2. The van der Waals surface area contributed by atoms with Gasteiger partial charge in [-0.15, -0.1) is 0 Å². The van der Waals surface area contributed by atoms with Crippen LogP contribution >= 0.6 is 0 Å². The summed E-state index contributed by atoms with van der Waals surface area (Å²) in [5, 5.41) is 18.3. The molecule has 17 heavy (non-hydrogen) atoms. The van der Waals surface area contributed by atoms with Gasteiger partial charge in [0.1, 0.15) is 0 Å². The van der Waals surface area contributed by atoms with Crippen LogP contribution in [-0.2, 0) is 9.59 Å². The summed E-state index contributed by atoms with van der Waals surface area (Å²) in [4.78, 5) is 22.3. The van der Waals surface area contributed by atoms with Crippen molar-refractivity contribution in [1.29, 1.82) is 0 Å². The highest BCUT2D eigenvalue weighted by Gasteiger charge is 2.53. The third kappa shape index (κ3) is 1.94. The Bertz CT molecular complexity index is 306. The monoisotopic (exact) mass is 240 g/mol. The summed E-state index contributed by atoms with van der Waals surface area (Å²) in [5.41, 5.74) is 0. The lowest BCUT2D eigenvalue weighted by atomic mass is 9.68. The lowest BCUT2D eigenvalue weighted by Gasteiger charge is -2.35. The van der Waals surface area contributed by atoms with Gasteiger partial charge in [0.25, 0.3) is 0 Å². The molecule has 0 amide bonds. The summed E-state index contributed by atoms with van der Waals surface area (Å²) in [5.74, 6) is -1.45. The van der Waals surface area contributed by atoms with E-state index in [0.717, 1.165) is 19.3 Å². The molecule has 0 aromatic heterocycles. The zero-order valence-corrected chi connectivity index (χ0v) is 10.3.